The van der Waals surface area contributed by atoms with Gasteiger partial charge in [0, 0.05) is 31.5 Å². The Hall–Kier alpha value is -2.24. The van der Waals surface area contributed by atoms with E-state index in [4.69, 9.17) is 11.6 Å². The fraction of sp³-hybridized carbons (Fsp3) is 0.333. The maximum atomic E-state index is 12.8. The van der Waals surface area contributed by atoms with Gasteiger partial charge in [-0.3, -0.25) is 28.5 Å². The molecule has 0 aromatic carbocycles. The SMILES string of the molecule is Cc1cc(Cl)nc(NC(=O)c2nc(CN3CCS(O)(O)CC3)c3ccccn23)n1. The number of carbonyl (C=O) groups excluding carboxylic acids is 1. The molecule has 1 aliphatic heterocycles. The monoisotopic (exact) mass is 436 g/mol. The summed E-state index contributed by atoms with van der Waals surface area (Å²) < 4.78 is 21.3. The second-order valence-corrected chi connectivity index (χ2v) is 9.74. The van der Waals surface area contributed by atoms with E-state index in [1.54, 1.807) is 23.6 Å². The predicted octanol–water partition coefficient (Wildman–Crippen LogP) is 2.90. The molecule has 4 rings (SSSR count). The van der Waals surface area contributed by atoms with Crippen LogP contribution in [-0.4, -0.2) is 63.9 Å². The molecule has 1 aliphatic rings. The highest BCUT2D eigenvalue weighted by Gasteiger charge is 2.25. The number of carbonyl (C=O) groups is 1. The molecule has 0 spiro atoms. The van der Waals surface area contributed by atoms with Crippen LogP contribution in [-0.2, 0) is 6.54 Å². The third-order valence-electron chi connectivity index (χ3n) is 4.72. The highest BCUT2D eigenvalue weighted by Crippen LogP contribution is 2.40. The van der Waals surface area contributed by atoms with Gasteiger partial charge in [-0.1, -0.05) is 17.7 Å². The molecule has 0 bridgehead atoms. The minimum atomic E-state index is -2.46. The van der Waals surface area contributed by atoms with Gasteiger partial charge in [0.1, 0.15) is 5.15 Å². The molecule has 1 amide bonds. The summed E-state index contributed by atoms with van der Waals surface area (Å²) in [6.07, 6.45) is 1.78. The number of aryl methyl sites for hydroxylation is 1. The van der Waals surface area contributed by atoms with Crippen molar-refractivity contribution in [3.8, 4) is 0 Å². The fourth-order valence-corrected chi connectivity index (χ4v) is 4.80. The zero-order valence-corrected chi connectivity index (χ0v) is 17.3. The van der Waals surface area contributed by atoms with Crippen molar-refractivity contribution < 1.29 is 13.9 Å². The second-order valence-electron chi connectivity index (χ2n) is 6.93. The molecule has 0 aliphatic carbocycles. The number of rotatable bonds is 4. The third-order valence-corrected chi connectivity index (χ3v) is 6.58. The van der Waals surface area contributed by atoms with Crippen LogP contribution in [0.3, 0.4) is 0 Å². The van der Waals surface area contributed by atoms with E-state index in [2.05, 4.69) is 25.2 Å². The minimum Gasteiger partial charge on any atom is -0.299 e. The van der Waals surface area contributed by atoms with Gasteiger partial charge in [0.2, 0.25) is 11.8 Å². The summed E-state index contributed by atoms with van der Waals surface area (Å²) in [5, 5.41) is 2.90. The number of nitrogens with one attached hydrogen (secondary N) is 1. The van der Waals surface area contributed by atoms with E-state index in [1.807, 2.05) is 18.2 Å². The number of hydrogen-bond acceptors (Lipinski definition) is 7. The largest absolute Gasteiger partial charge is 0.299 e. The lowest BCUT2D eigenvalue weighted by atomic mass is 10.3. The lowest BCUT2D eigenvalue weighted by Gasteiger charge is -2.40. The quantitative estimate of drug-likeness (QED) is 0.538. The number of amides is 1. The van der Waals surface area contributed by atoms with E-state index in [0.717, 1.165) is 11.2 Å². The van der Waals surface area contributed by atoms with Crippen molar-refractivity contribution in [1.82, 2.24) is 24.3 Å². The minimum absolute atomic E-state index is 0.121. The predicted molar refractivity (Wildman–Crippen MR) is 113 cm³/mol. The first-order valence-electron chi connectivity index (χ1n) is 9.05. The smallest absolute Gasteiger partial charge is 0.294 e. The van der Waals surface area contributed by atoms with Crippen molar-refractivity contribution in [1.29, 1.82) is 0 Å². The average molecular weight is 437 g/mol. The Balaban J connectivity index is 1.59. The Morgan fingerprint density at radius 1 is 1.24 bits per heavy atom. The third kappa shape index (κ3) is 4.51. The van der Waals surface area contributed by atoms with Gasteiger partial charge in [0.25, 0.3) is 5.91 Å². The standard InChI is InChI=1S/C18H21ClN6O3S/c1-12-10-15(19)22-18(20-12)23-17(26)16-21-13(14-4-2-3-5-25(14)16)11-24-6-8-29(27,28)9-7-24/h2-5,10,27-28H,6-9,11H2,1H3,(H,20,22,23,26). The van der Waals surface area contributed by atoms with Gasteiger partial charge in [-0.15, -0.1) is 0 Å². The van der Waals surface area contributed by atoms with E-state index < -0.39 is 16.5 Å². The van der Waals surface area contributed by atoms with Crippen LogP contribution in [0, 0.1) is 6.92 Å². The second kappa shape index (κ2) is 7.88. The molecule has 0 radical (unpaired) electrons. The number of hydrogen-bond donors (Lipinski definition) is 3. The zero-order valence-electron chi connectivity index (χ0n) is 15.7. The van der Waals surface area contributed by atoms with Gasteiger partial charge in [-0.2, -0.15) is 10.6 Å². The number of halogens is 1. The molecule has 1 fully saturated rings. The number of imidazole rings is 1. The van der Waals surface area contributed by atoms with Crippen LogP contribution in [0.5, 0.6) is 0 Å². The summed E-state index contributed by atoms with van der Waals surface area (Å²) in [5.41, 5.74) is 2.21. The fourth-order valence-electron chi connectivity index (χ4n) is 3.26. The van der Waals surface area contributed by atoms with E-state index in [1.165, 1.54) is 0 Å². The molecule has 1 saturated heterocycles. The summed E-state index contributed by atoms with van der Waals surface area (Å²) in [6.45, 7) is 3.43. The summed E-state index contributed by atoms with van der Waals surface area (Å²) in [5.74, 6) is 0.621. The number of pyridine rings is 1. The van der Waals surface area contributed by atoms with Crippen LogP contribution >= 0.6 is 22.2 Å². The van der Waals surface area contributed by atoms with E-state index in [0.29, 0.717) is 36.8 Å². The van der Waals surface area contributed by atoms with Gasteiger partial charge in [-0.05, 0) is 25.1 Å². The van der Waals surface area contributed by atoms with E-state index in [9.17, 15) is 13.9 Å². The highest BCUT2D eigenvalue weighted by atomic mass is 35.5. The molecule has 4 heterocycles. The molecule has 11 heteroatoms. The van der Waals surface area contributed by atoms with Gasteiger partial charge in [0.05, 0.1) is 22.7 Å². The number of fused-ring (bicyclic) bond motifs is 1. The summed E-state index contributed by atoms with van der Waals surface area (Å²) in [7, 11) is -2.46. The Bertz CT molecular complexity index is 1040. The lowest BCUT2D eigenvalue weighted by molar-refractivity contribution is 0.101. The van der Waals surface area contributed by atoms with Crippen LogP contribution in [0.25, 0.3) is 5.52 Å². The van der Waals surface area contributed by atoms with Crippen molar-refractivity contribution in [3.05, 3.63) is 52.8 Å². The molecular weight excluding hydrogens is 416 g/mol. The topological polar surface area (TPSA) is 116 Å². The normalized spacial score (nSPS) is 17.9. The molecule has 3 N–H and O–H groups in total. The Kier molecular flexibility index (Phi) is 5.45. The lowest BCUT2D eigenvalue weighted by Crippen LogP contribution is -2.37. The van der Waals surface area contributed by atoms with Crippen LogP contribution in [0.15, 0.2) is 30.5 Å². The Morgan fingerprint density at radius 2 is 2.00 bits per heavy atom. The highest BCUT2D eigenvalue weighted by molar-refractivity contribution is 8.24. The maximum Gasteiger partial charge on any atom is 0.294 e. The number of aromatic nitrogens is 4. The number of anilines is 1. The first-order valence-corrected chi connectivity index (χ1v) is 11.3. The van der Waals surface area contributed by atoms with Crippen molar-refractivity contribution in [2.24, 2.45) is 0 Å². The maximum absolute atomic E-state index is 12.8. The van der Waals surface area contributed by atoms with Gasteiger partial charge in [0.15, 0.2) is 0 Å². The van der Waals surface area contributed by atoms with Gasteiger partial charge < -0.3 is 0 Å². The molecule has 0 unspecified atom stereocenters. The van der Waals surface area contributed by atoms with E-state index >= 15 is 0 Å². The van der Waals surface area contributed by atoms with Crippen LogP contribution in [0.2, 0.25) is 5.15 Å². The van der Waals surface area contributed by atoms with E-state index in [-0.39, 0.29) is 16.9 Å². The Labute approximate surface area is 174 Å². The molecule has 0 saturated carbocycles. The first-order chi connectivity index (χ1) is 13.8. The molecular formula is C18H21ClN6O3S. The van der Waals surface area contributed by atoms with Crippen molar-refractivity contribution >= 4 is 39.6 Å². The van der Waals surface area contributed by atoms with Crippen LogP contribution in [0.1, 0.15) is 22.0 Å². The van der Waals surface area contributed by atoms with Gasteiger partial charge >= 0.3 is 0 Å². The average Bonchev–Trinajstić information content (AvgIpc) is 3.01. The molecule has 154 valence electrons. The number of nitrogens with zero attached hydrogens (tertiary/aromatic N) is 5. The van der Waals surface area contributed by atoms with Crippen molar-refractivity contribution in [2.75, 3.05) is 29.9 Å². The zero-order chi connectivity index (χ0) is 20.6. The molecule has 3 aromatic rings. The Morgan fingerprint density at radius 3 is 2.72 bits per heavy atom. The molecule has 0 atom stereocenters. The van der Waals surface area contributed by atoms with Crippen LogP contribution < -0.4 is 5.32 Å². The van der Waals surface area contributed by atoms with Crippen molar-refractivity contribution in [3.63, 3.8) is 0 Å². The molecule has 29 heavy (non-hydrogen) atoms. The van der Waals surface area contributed by atoms with Crippen molar-refractivity contribution in [2.45, 2.75) is 13.5 Å². The summed E-state index contributed by atoms with van der Waals surface area (Å²) in [6, 6.07) is 7.22. The molecule has 3 aromatic heterocycles. The first kappa shape index (κ1) is 20.0. The van der Waals surface area contributed by atoms with Crippen LogP contribution in [0.4, 0.5) is 5.95 Å². The molecule has 9 nitrogen and oxygen atoms in total. The summed E-state index contributed by atoms with van der Waals surface area (Å²) >= 11 is 5.94. The van der Waals surface area contributed by atoms with Gasteiger partial charge in [-0.25, -0.2) is 15.0 Å². The summed E-state index contributed by atoms with van der Waals surface area (Å²) in [4.78, 5) is 27.7.